The van der Waals surface area contributed by atoms with Crippen molar-refractivity contribution < 1.29 is 24.2 Å². The lowest BCUT2D eigenvalue weighted by molar-refractivity contribution is -0.135. The van der Waals surface area contributed by atoms with Gasteiger partial charge in [0.05, 0.1) is 10.2 Å². The predicted molar refractivity (Wildman–Crippen MR) is 126 cm³/mol. The molecule has 0 radical (unpaired) electrons. The van der Waals surface area contributed by atoms with Gasteiger partial charge in [-0.05, 0) is 64.1 Å². The largest absolute Gasteiger partial charge is 0.477 e. The molecule has 0 aliphatic heterocycles. The van der Waals surface area contributed by atoms with Crippen LogP contribution < -0.4 is 10.1 Å². The predicted octanol–water partition coefficient (Wildman–Crippen LogP) is 4.84. The van der Waals surface area contributed by atoms with Crippen LogP contribution in [0.5, 0.6) is 11.5 Å². The second kappa shape index (κ2) is 11.3. The molecule has 0 unspecified atom stereocenters. The SMILES string of the molecule is O=C(COCc1ccccc1)N/C(=C\c1ccc(Oc2ccccc2I)cc1)C(=O)O. The van der Waals surface area contributed by atoms with Crippen molar-refractivity contribution in [1.82, 2.24) is 5.32 Å². The Hall–Kier alpha value is -3.17. The Kier molecular flexibility index (Phi) is 8.19. The van der Waals surface area contributed by atoms with E-state index in [4.69, 9.17) is 9.47 Å². The second-order valence-corrected chi connectivity index (χ2v) is 7.65. The Morgan fingerprint density at radius 1 is 0.935 bits per heavy atom. The number of nitrogens with one attached hydrogen (secondary N) is 1. The molecule has 7 heteroatoms. The first-order valence-corrected chi connectivity index (χ1v) is 10.5. The van der Waals surface area contributed by atoms with Crippen molar-refractivity contribution in [2.75, 3.05) is 6.61 Å². The summed E-state index contributed by atoms with van der Waals surface area (Å²) in [6, 6.07) is 23.9. The van der Waals surface area contributed by atoms with Gasteiger partial charge in [-0.2, -0.15) is 0 Å². The molecule has 0 saturated heterocycles. The van der Waals surface area contributed by atoms with Crippen LogP contribution in [0.15, 0.2) is 84.6 Å². The van der Waals surface area contributed by atoms with Gasteiger partial charge in [-0.25, -0.2) is 4.79 Å². The van der Waals surface area contributed by atoms with Crippen LogP contribution in [-0.4, -0.2) is 23.6 Å². The summed E-state index contributed by atoms with van der Waals surface area (Å²) in [5.41, 5.74) is 1.30. The van der Waals surface area contributed by atoms with E-state index in [-0.39, 0.29) is 18.9 Å². The quantitative estimate of drug-likeness (QED) is 0.306. The first kappa shape index (κ1) is 22.5. The van der Waals surface area contributed by atoms with Gasteiger partial charge in [0, 0.05) is 0 Å². The van der Waals surface area contributed by atoms with Gasteiger partial charge < -0.3 is 19.9 Å². The summed E-state index contributed by atoms with van der Waals surface area (Å²) in [6.45, 7) is 0.0181. The van der Waals surface area contributed by atoms with Crippen LogP contribution in [0, 0.1) is 3.57 Å². The lowest BCUT2D eigenvalue weighted by Crippen LogP contribution is -2.30. The molecule has 3 aromatic carbocycles. The number of hydrogen-bond donors (Lipinski definition) is 2. The van der Waals surface area contributed by atoms with Crippen molar-refractivity contribution in [2.24, 2.45) is 0 Å². The van der Waals surface area contributed by atoms with Gasteiger partial charge in [-0.1, -0.05) is 54.6 Å². The molecule has 0 aromatic heterocycles. The number of aliphatic carboxylic acids is 1. The molecule has 0 spiro atoms. The number of amides is 1. The summed E-state index contributed by atoms with van der Waals surface area (Å²) >= 11 is 2.19. The van der Waals surface area contributed by atoms with E-state index in [1.165, 1.54) is 6.08 Å². The number of ether oxygens (including phenoxy) is 2. The van der Waals surface area contributed by atoms with E-state index in [2.05, 4.69) is 27.9 Å². The normalized spacial score (nSPS) is 11.1. The molecule has 0 fully saturated rings. The molecular formula is C24H20INO5. The fraction of sp³-hybridized carbons (Fsp3) is 0.0833. The molecule has 3 aromatic rings. The first-order valence-electron chi connectivity index (χ1n) is 9.40. The summed E-state index contributed by atoms with van der Waals surface area (Å²) in [6.07, 6.45) is 1.38. The maximum atomic E-state index is 12.1. The van der Waals surface area contributed by atoms with Crippen molar-refractivity contribution in [1.29, 1.82) is 0 Å². The Morgan fingerprint density at radius 3 is 2.29 bits per heavy atom. The smallest absolute Gasteiger partial charge is 0.352 e. The van der Waals surface area contributed by atoms with Crippen LogP contribution in [-0.2, 0) is 20.9 Å². The third-order valence-corrected chi connectivity index (χ3v) is 5.00. The molecule has 158 valence electrons. The van der Waals surface area contributed by atoms with E-state index in [1.54, 1.807) is 24.3 Å². The summed E-state index contributed by atoms with van der Waals surface area (Å²) in [7, 11) is 0. The van der Waals surface area contributed by atoms with Crippen molar-refractivity contribution in [3.05, 3.63) is 99.3 Å². The molecule has 0 bridgehead atoms. The van der Waals surface area contributed by atoms with Gasteiger partial charge in [0.25, 0.3) is 5.91 Å². The van der Waals surface area contributed by atoms with E-state index in [0.29, 0.717) is 11.3 Å². The molecular weight excluding hydrogens is 509 g/mol. The van der Waals surface area contributed by atoms with Crippen molar-refractivity contribution in [2.45, 2.75) is 6.61 Å². The zero-order valence-electron chi connectivity index (χ0n) is 16.5. The lowest BCUT2D eigenvalue weighted by Gasteiger charge is -2.09. The number of hydrogen-bond acceptors (Lipinski definition) is 4. The molecule has 0 aliphatic carbocycles. The van der Waals surface area contributed by atoms with Gasteiger partial charge in [-0.3, -0.25) is 4.79 Å². The second-order valence-electron chi connectivity index (χ2n) is 6.49. The highest BCUT2D eigenvalue weighted by Crippen LogP contribution is 2.26. The standard InChI is InChI=1S/C24H20INO5/c25-20-8-4-5-9-22(20)31-19-12-10-17(11-13-19)14-21(24(28)29)26-23(27)16-30-15-18-6-2-1-3-7-18/h1-14H,15-16H2,(H,26,27)(H,28,29)/b21-14-. The zero-order chi connectivity index (χ0) is 22.1. The number of carboxylic acids is 1. The summed E-state index contributed by atoms with van der Waals surface area (Å²) in [5, 5.41) is 11.8. The molecule has 0 atom stereocenters. The molecule has 0 saturated carbocycles. The first-order chi connectivity index (χ1) is 15.0. The van der Waals surface area contributed by atoms with Crippen molar-refractivity contribution in [3.63, 3.8) is 0 Å². The number of carbonyl (C=O) groups excluding carboxylic acids is 1. The lowest BCUT2D eigenvalue weighted by atomic mass is 10.2. The average molecular weight is 529 g/mol. The van der Waals surface area contributed by atoms with Gasteiger partial charge in [0.1, 0.15) is 23.8 Å². The average Bonchev–Trinajstić information content (AvgIpc) is 2.77. The number of carboxylic acid groups (broad SMARTS) is 1. The van der Waals surface area contributed by atoms with Gasteiger partial charge in [0.2, 0.25) is 0 Å². The van der Waals surface area contributed by atoms with E-state index < -0.39 is 11.9 Å². The zero-order valence-corrected chi connectivity index (χ0v) is 18.6. The summed E-state index contributed by atoms with van der Waals surface area (Å²) in [5.74, 6) is -0.421. The number of benzene rings is 3. The summed E-state index contributed by atoms with van der Waals surface area (Å²) in [4.78, 5) is 23.6. The van der Waals surface area contributed by atoms with E-state index in [9.17, 15) is 14.7 Å². The Morgan fingerprint density at radius 2 is 1.61 bits per heavy atom. The molecule has 1 amide bonds. The van der Waals surface area contributed by atoms with Gasteiger partial charge in [-0.15, -0.1) is 0 Å². The van der Waals surface area contributed by atoms with Crippen LogP contribution in [0.25, 0.3) is 6.08 Å². The number of carbonyl (C=O) groups is 2. The molecule has 0 aliphatic rings. The highest BCUT2D eigenvalue weighted by Gasteiger charge is 2.12. The molecule has 31 heavy (non-hydrogen) atoms. The highest BCUT2D eigenvalue weighted by molar-refractivity contribution is 14.1. The van der Waals surface area contributed by atoms with Crippen LogP contribution in [0.4, 0.5) is 0 Å². The fourth-order valence-corrected chi connectivity index (χ4v) is 3.12. The minimum Gasteiger partial charge on any atom is -0.477 e. The Bertz CT molecular complexity index is 1060. The van der Waals surface area contributed by atoms with Crippen LogP contribution in [0.2, 0.25) is 0 Å². The molecule has 0 heterocycles. The van der Waals surface area contributed by atoms with E-state index in [1.807, 2.05) is 54.6 Å². The molecule has 2 N–H and O–H groups in total. The van der Waals surface area contributed by atoms with Crippen LogP contribution in [0.3, 0.4) is 0 Å². The third kappa shape index (κ3) is 7.23. The Labute approximate surface area is 193 Å². The number of halogens is 1. The van der Waals surface area contributed by atoms with Gasteiger partial charge >= 0.3 is 5.97 Å². The minimum absolute atomic E-state index is 0.236. The number of rotatable bonds is 9. The highest BCUT2D eigenvalue weighted by atomic mass is 127. The summed E-state index contributed by atoms with van der Waals surface area (Å²) < 4.78 is 12.2. The Balaban J connectivity index is 1.58. The topological polar surface area (TPSA) is 84.9 Å². The third-order valence-electron chi connectivity index (χ3n) is 4.10. The number of para-hydroxylation sites is 1. The van der Waals surface area contributed by atoms with Crippen molar-refractivity contribution in [3.8, 4) is 11.5 Å². The van der Waals surface area contributed by atoms with E-state index >= 15 is 0 Å². The molecule has 6 nitrogen and oxygen atoms in total. The maximum Gasteiger partial charge on any atom is 0.352 e. The van der Waals surface area contributed by atoms with Crippen LogP contribution in [0.1, 0.15) is 11.1 Å². The van der Waals surface area contributed by atoms with Gasteiger partial charge in [0.15, 0.2) is 0 Å². The van der Waals surface area contributed by atoms with E-state index in [0.717, 1.165) is 14.9 Å². The van der Waals surface area contributed by atoms with Crippen molar-refractivity contribution >= 4 is 40.5 Å². The molecule has 3 rings (SSSR count). The fourth-order valence-electron chi connectivity index (χ4n) is 2.63. The maximum absolute atomic E-state index is 12.1. The van der Waals surface area contributed by atoms with Crippen LogP contribution >= 0.6 is 22.6 Å². The monoisotopic (exact) mass is 529 g/mol. The minimum atomic E-state index is -1.24.